The molecule has 1 N–H and O–H groups in total. The maximum atomic E-state index is 4.21. The first-order valence-electron chi connectivity index (χ1n) is 6.59. The molecule has 1 saturated carbocycles. The fraction of sp³-hybridized carbons (Fsp3) is 0.429. The van der Waals surface area contributed by atoms with E-state index in [9.17, 15) is 0 Å². The lowest BCUT2D eigenvalue weighted by Crippen LogP contribution is -2.21. The molecule has 0 amide bonds. The molecule has 0 bridgehead atoms. The summed E-state index contributed by atoms with van der Waals surface area (Å²) < 4.78 is 1.81. The quantitative estimate of drug-likeness (QED) is 0.876. The molecule has 0 aliphatic heterocycles. The van der Waals surface area contributed by atoms with Crippen molar-refractivity contribution >= 4 is 5.69 Å². The number of nitrogens with zero attached hydrogens (tertiary/aromatic N) is 3. The van der Waals surface area contributed by atoms with Crippen LogP contribution in [0.25, 0.3) is 5.69 Å². The van der Waals surface area contributed by atoms with Gasteiger partial charge >= 0.3 is 0 Å². The standard InChI is InChI=1S/C14H18N4/c1-2-12(11-7-8-11)17-13-5-3-4-6-14(13)18-10-15-9-16-18/h3-6,9-12,17H,2,7-8H2,1H3. The van der Waals surface area contributed by atoms with Crippen molar-refractivity contribution in [3.63, 3.8) is 0 Å². The molecule has 1 unspecified atom stereocenters. The zero-order valence-corrected chi connectivity index (χ0v) is 10.6. The Bertz CT molecular complexity index is 502. The van der Waals surface area contributed by atoms with Gasteiger partial charge in [-0.25, -0.2) is 9.67 Å². The Morgan fingerprint density at radius 2 is 2.22 bits per heavy atom. The highest BCUT2D eigenvalue weighted by Gasteiger charge is 2.30. The maximum Gasteiger partial charge on any atom is 0.138 e. The van der Waals surface area contributed by atoms with Crippen molar-refractivity contribution in [2.75, 3.05) is 5.32 Å². The van der Waals surface area contributed by atoms with Crippen LogP contribution in [0.3, 0.4) is 0 Å². The van der Waals surface area contributed by atoms with Crippen molar-refractivity contribution in [2.24, 2.45) is 5.92 Å². The summed E-state index contributed by atoms with van der Waals surface area (Å²) in [6.45, 7) is 2.24. The molecule has 0 spiro atoms. The molecule has 18 heavy (non-hydrogen) atoms. The van der Waals surface area contributed by atoms with Gasteiger partial charge in [-0.2, -0.15) is 5.10 Å². The van der Waals surface area contributed by atoms with Crippen LogP contribution in [0.5, 0.6) is 0 Å². The van der Waals surface area contributed by atoms with E-state index in [0.29, 0.717) is 6.04 Å². The zero-order chi connectivity index (χ0) is 12.4. The molecular formula is C14H18N4. The van der Waals surface area contributed by atoms with Crippen LogP contribution in [-0.2, 0) is 0 Å². The van der Waals surface area contributed by atoms with Crippen molar-refractivity contribution in [1.82, 2.24) is 14.8 Å². The highest BCUT2D eigenvalue weighted by atomic mass is 15.3. The van der Waals surface area contributed by atoms with Gasteiger partial charge in [-0.3, -0.25) is 0 Å². The van der Waals surface area contributed by atoms with Gasteiger partial charge in [0.15, 0.2) is 0 Å². The molecule has 1 aromatic carbocycles. The lowest BCUT2D eigenvalue weighted by atomic mass is 10.1. The van der Waals surface area contributed by atoms with Gasteiger partial charge in [0.25, 0.3) is 0 Å². The smallest absolute Gasteiger partial charge is 0.138 e. The number of para-hydroxylation sites is 2. The van der Waals surface area contributed by atoms with Crippen LogP contribution in [0.15, 0.2) is 36.9 Å². The Morgan fingerprint density at radius 3 is 2.89 bits per heavy atom. The molecule has 3 rings (SSSR count). The van der Waals surface area contributed by atoms with E-state index < -0.39 is 0 Å². The second kappa shape index (κ2) is 4.80. The fourth-order valence-electron chi connectivity index (χ4n) is 2.38. The van der Waals surface area contributed by atoms with Crippen molar-refractivity contribution in [3.8, 4) is 5.69 Å². The molecule has 1 aliphatic rings. The van der Waals surface area contributed by atoms with E-state index in [-0.39, 0.29) is 0 Å². The minimum atomic E-state index is 0.578. The summed E-state index contributed by atoms with van der Waals surface area (Å²) >= 11 is 0. The van der Waals surface area contributed by atoms with Gasteiger partial charge in [0.05, 0.1) is 11.4 Å². The molecule has 1 aliphatic carbocycles. The molecule has 94 valence electrons. The Balaban J connectivity index is 1.87. The summed E-state index contributed by atoms with van der Waals surface area (Å²) in [6, 6.07) is 8.84. The molecule has 1 fully saturated rings. The number of benzene rings is 1. The molecule has 0 saturated heterocycles. The van der Waals surface area contributed by atoms with E-state index in [4.69, 9.17) is 0 Å². The minimum Gasteiger partial charge on any atom is -0.380 e. The molecule has 0 radical (unpaired) electrons. The molecule has 1 atom stereocenters. The summed E-state index contributed by atoms with van der Waals surface area (Å²) in [6.07, 6.45) is 7.18. The summed E-state index contributed by atoms with van der Waals surface area (Å²) in [5.74, 6) is 0.846. The summed E-state index contributed by atoms with van der Waals surface area (Å²) in [4.78, 5) is 4.01. The van der Waals surface area contributed by atoms with Crippen LogP contribution in [0.2, 0.25) is 0 Å². The van der Waals surface area contributed by atoms with E-state index in [1.807, 2.05) is 10.7 Å². The Hall–Kier alpha value is -1.84. The van der Waals surface area contributed by atoms with Gasteiger partial charge in [-0.1, -0.05) is 19.1 Å². The normalized spacial score (nSPS) is 16.5. The third-order valence-corrected chi connectivity index (χ3v) is 3.54. The second-order valence-electron chi connectivity index (χ2n) is 4.85. The molecule has 4 nitrogen and oxygen atoms in total. The first-order valence-corrected chi connectivity index (χ1v) is 6.59. The van der Waals surface area contributed by atoms with Crippen molar-refractivity contribution in [1.29, 1.82) is 0 Å². The van der Waals surface area contributed by atoms with Gasteiger partial charge in [0.1, 0.15) is 12.7 Å². The Labute approximate surface area is 107 Å². The third-order valence-electron chi connectivity index (χ3n) is 3.54. The number of hydrogen-bond donors (Lipinski definition) is 1. The predicted molar refractivity (Wildman–Crippen MR) is 71.8 cm³/mol. The highest BCUT2D eigenvalue weighted by molar-refractivity contribution is 5.61. The SMILES string of the molecule is CCC(Nc1ccccc1-n1cncn1)C1CC1. The van der Waals surface area contributed by atoms with E-state index in [1.165, 1.54) is 12.8 Å². The van der Waals surface area contributed by atoms with Crippen LogP contribution in [0, 0.1) is 5.92 Å². The van der Waals surface area contributed by atoms with Crippen LogP contribution in [0.1, 0.15) is 26.2 Å². The summed E-state index contributed by atoms with van der Waals surface area (Å²) in [7, 11) is 0. The van der Waals surface area contributed by atoms with Gasteiger partial charge in [-0.15, -0.1) is 0 Å². The largest absolute Gasteiger partial charge is 0.380 e. The second-order valence-corrected chi connectivity index (χ2v) is 4.85. The summed E-state index contributed by atoms with van der Waals surface area (Å²) in [5, 5.41) is 7.87. The zero-order valence-electron chi connectivity index (χ0n) is 10.6. The number of anilines is 1. The highest BCUT2D eigenvalue weighted by Crippen LogP contribution is 2.36. The molecular weight excluding hydrogens is 224 g/mol. The van der Waals surface area contributed by atoms with E-state index in [0.717, 1.165) is 23.7 Å². The fourth-order valence-corrected chi connectivity index (χ4v) is 2.38. The Kier molecular flexibility index (Phi) is 3.00. The summed E-state index contributed by atoms with van der Waals surface area (Å²) in [5.41, 5.74) is 2.20. The molecule has 1 aromatic heterocycles. The number of hydrogen-bond acceptors (Lipinski definition) is 3. The number of aromatic nitrogens is 3. The van der Waals surface area contributed by atoms with Crippen molar-refractivity contribution in [2.45, 2.75) is 32.2 Å². The van der Waals surface area contributed by atoms with Crippen LogP contribution >= 0.6 is 0 Å². The van der Waals surface area contributed by atoms with Crippen molar-refractivity contribution < 1.29 is 0 Å². The van der Waals surface area contributed by atoms with Gasteiger partial charge < -0.3 is 5.32 Å². The molecule has 1 heterocycles. The average Bonchev–Trinajstić information content (AvgIpc) is 3.11. The predicted octanol–water partition coefficient (Wildman–Crippen LogP) is 2.87. The number of nitrogens with one attached hydrogen (secondary N) is 1. The molecule has 2 aromatic rings. The van der Waals surface area contributed by atoms with Crippen molar-refractivity contribution in [3.05, 3.63) is 36.9 Å². The monoisotopic (exact) mass is 242 g/mol. The number of rotatable bonds is 5. The van der Waals surface area contributed by atoms with E-state index >= 15 is 0 Å². The van der Waals surface area contributed by atoms with Gasteiger partial charge in [-0.05, 0) is 37.3 Å². The lowest BCUT2D eigenvalue weighted by Gasteiger charge is -2.19. The van der Waals surface area contributed by atoms with Gasteiger partial charge in [0, 0.05) is 6.04 Å². The molecule has 4 heteroatoms. The van der Waals surface area contributed by atoms with Crippen LogP contribution in [-0.4, -0.2) is 20.8 Å². The average molecular weight is 242 g/mol. The topological polar surface area (TPSA) is 42.7 Å². The van der Waals surface area contributed by atoms with Crippen LogP contribution in [0.4, 0.5) is 5.69 Å². The van der Waals surface area contributed by atoms with E-state index in [1.54, 1.807) is 12.7 Å². The Morgan fingerprint density at radius 1 is 1.39 bits per heavy atom. The third kappa shape index (κ3) is 2.23. The lowest BCUT2D eigenvalue weighted by molar-refractivity contribution is 0.615. The van der Waals surface area contributed by atoms with E-state index in [2.05, 4.69) is 40.5 Å². The maximum absolute atomic E-state index is 4.21. The van der Waals surface area contributed by atoms with Gasteiger partial charge in [0.2, 0.25) is 0 Å². The minimum absolute atomic E-state index is 0.578. The first kappa shape index (κ1) is 11.3. The first-order chi connectivity index (χ1) is 8.88. The van der Waals surface area contributed by atoms with Crippen LogP contribution < -0.4 is 5.32 Å².